The number of aromatic nitrogens is 1. The summed E-state index contributed by atoms with van der Waals surface area (Å²) in [6.45, 7) is 8.77. The number of aryl methyl sites for hydroxylation is 1. The number of amides is 1. The number of carbonyl (C=O) groups excluding carboxylic acids is 1. The second-order valence-electron chi connectivity index (χ2n) is 7.05. The molecule has 0 aliphatic carbocycles. The fraction of sp³-hybridized carbons (Fsp3) is 0.444. The van der Waals surface area contributed by atoms with E-state index in [2.05, 4.69) is 5.32 Å². The van der Waals surface area contributed by atoms with Crippen molar-refractivity contribution in [2.45, 2.75) is 46.3 Å². The van der Waals surface area contributed by atoms with Gasteiger partial charge in [0.15, 0.2) is 0 Å². The molecular formula is C18H23FN2O4. The van der Waals surface area contributed by atoms with Crippen LogP contribution in [0.25, 0.3) is 10.9 Å². The third-order valence-electron chi connectivity index (χ3n) is 3.79. The minimum Gasteiger partial charge on any atom is -0.477 e. The van der Waals surface area contributed by atoms with Gasteiger partial charge in [-0.25, -0.2) is 14.0 Å². The highest BCUT2D eigenvalue weighted by Crippen LogP contribution is 2.28. The first-order valence-corrected chi connectivity index (χ1v) is 8.01. The Morgan fingerprint density at radius 3 is 2.56 bits per heavy atom. The summed E-state index contributed by atoms with van der Waals surface area (Å²) in [5, 5.41) is 12.7. The van der Waals surface area contributed by atoms with Gasteiger partial charge in [0.25, 0.3) is 0 Å². The second-order valence-corrected chi connectivity index (χ2v) is 7.05. The molecule has 1 heterocycles. The Labute approximate surface area is 145 Å². The molecule has 0 saturated heterocycles. The number of alkyl carbamates (subject to hydrolysis) is 1. The summed E-state index contributed by atoms with van der Waals surface area (Å²) in [5.41, 5.74) is 0.298. The molecule has 6 nitrogen and oxygen atoms in total. The maximum absolute atomic E-state index is 14.0. The molecular weight excluding hydrogens is 327 g/mol. The molecule has 2 rings (SSSR count). The number of carboxylic acids is 1. The number of hydrogen-bond donors (Lipinski definition) is 2. The van der Waals surface area contributed by atoms with Gasteiger partial charge < -0.3 is 19.7 Å². The first-order chi connectivity index (χ1) is 11.5. The van der Waals surface area contributed by atoms with Crippen molar-refractivity contribution in [1.82, 2.24) is 9.88 Å². The summed E-state index contributed by atoms with van der Waals surface area (Å²) in [6.07, 6.45) is -0.587. The minimum atomic E-state index is -1.11. The van der Waals surface area contributed by atoms with Crippen LogP contribution in [0.2, 0.25) is 0 Å². The summed E-state index contributed by atoms with van der Waals surface area (Å²) in [5.74, 6) is -1.52. The first-order valence-electron chi connectivity index (χ1n) is 8.01. The predicted molar refractivity (Wildman–Crippen MR) is 92.5 cm³/mol. The molecule has 1 aromatic heterocycles. The van der Waals surface area contributed by atoms with E-state index in [-0.39, 0.29) is 12.2 Å². The lowest BCUT2D eigenvalue weighted by molar-refractivity contribution is 0.0521. The van der Waals surface area contributed by atoms with Crippen molar-refractivity contribution in [3.05, 3.63) is 35.3 Å². The molecule has 136 valence electrons. The number of halogens is 1. The summed E-state index contributed by atoms with van der Waals surface area (Å²) >= 11 is 0. The number of carbonyl (C=O) groups is 2. The Bertz CT molecular complexity index is 821. The van der Waals surface area contributed by atoms with E-state index in [0.29, 0.717) is 16.5 Å². The number of nitrogens with zero attached hydrogens (tertiary/aromatic N) is 1. The Morgan fingerprint density at radius 2 is 2.00 bits per heavy atom. The number of aromatic carboxylic acids is 1. The topological polar surface area (TPSA) is 80.6 Å². The molecule has 2 aromatic rings. The molecule has 2 N–H and O–H groups in total. The van der Waals surface area contributed by atoms with E-state index in [1.54, 1.807) is 40.7 Å². The van der Waals surface area contributed by atoms with Gasteiger partial charge in [-0.05, 0) is 52.8 Å². The Morgan fingerprint density at radius 1 is 1.36 bits per heavy atom. The fourth-order valence-electron chi connectivity index (χ4n) is 2.73. The quantitative estimate of drug-likeness (QED) is 0.877. The highest BCUT2D eigenvalue weighted by atomic mass is 19.1. The highest BCUT2D eigenvalue weighted by molar-refractivity contribution is 5.96. The third kappa shape index (κ3) is 4.10. The molecule has 25 heavy (non-hydrogen) atoms. The van der Waals surface area contributed by atoms with Gasteiger partial charge in [0, 0.05) is 23.5 Å². The van der Waals surface area contributed by atoms with Gasteiger partial charge in [0.05, 0.1) is 5.52 Å². The average molecular weight is 350 g/mol. The second kappa shape index (κ2) is 6.74. The van der Waals surface area contributed by atoms with Gasteiger partial charge in [-0.1, -0.05) is 0 Å². The van der Waals surface area contributed by atoms with Crippen molar-refractivity contribution in [2.75, 3.05) is 6.54 Å². The molecule has 1 atom stereocenters. The van der Waals surface area contributed by atoms with Crippen LogP contribution < -0.4 is 5.32 Å². The number of nitrogens with one attached hydrogen (secondary N) is 1. The molecule has 1 unspecified atom stereocenters. The van der Waals surface area contributed by atoms with Gasteiger partial charge in [-0.2, -0.15) is 0 Å². The first kappa shape index (κ1) is 18.8. The van der Waals surface area contributed by atoms with Crippen LogP contribution in [0.15, 0.2) is 18.2 Å². The van der Waals surface area contributed by atoms with Crippen molar-refractivity contribution in [2.24, 2.45) is 0 Å². The lowest BCUT2D eigenvalue weighted by atomic mass is 10.1. The smallest absolute Gasteiger partial charge is 0.407 e. The van der Waals surface area contributed by atoms with Crippen molar-refractivity contribution in [3.8, 4) is 0 Å². The zero-order chi connectivity index (χ0) is 18.9. The van der Waals surface area contributed by atoms with E-state index >= 15 is 0 Å². The molecule has 0 radical (unpaired) electrons. The van der Waals surface area contributed by atoms with E-state index in [0.717, 1.165) is 0 Å². The van der Waals surface area contributed by atoms with Crippen molar-refractivity contribution >= 4 is 23.0 Å². The SMILES string of the molecule is Cc1c(F)ccc2cc(C(=O)O)n(C(C)CNC(=O)OC(C)(C)C)c12. The molecule has 0 fully saturated rings. The monoisotopic (exact) mass is 350 g/mol. The molecule has 0 aliphatic rings. The molecule has 0 spiro atoms. The Kier molecular flexibility index (Phi) is 5.06. The summed E-state index contributed by atoms with van der Waals surface area (Å²) in [7, 11) is 0. The number of ether oxygens (including phenoxy) is 1. The summed E-state index contributed by atoms with van der Waals surface area (Å²) in [4.78, 5) is 23.4. The van der Waals surface area contributed by atoms with Gasteiger partial charge in [-0.3, -0.25) is 0 Å². The molecule has 0 bridgehead atoms. The molecule has 1 amide bonds. The van der Waals surface area contributed by atoms with Crippen LogP contribution in [-0.2, 0) is 4.74 Å². The van der Waals surface area contributed by atoms with Crippen molar-refractivity contribution in [3.63, 3.8) is 0 Å². The molecule has 0 aliphatic heterocycles. The van der Waals surface area contributed by atoms with E-state index in [4.69, 9.17) is 4.74 Å². The number of rotatable bonds is 4. The van der Waals surface area contributed by atoms with Crippen LogP contribution >= 0.6 is 0 Å². The summed E-state index contributed by atoms with van der Waals surface area (Å²) < 4.78 is 20.7. The molecule has 0 saturated carbocycles. The van der Waals surface area contributed by atoms with Crippen LogP contribution in [0.3, 0.4) is 0 Å². The maximum Gasteiger partial charge on any atom is 0.407 e. The van der Waals surface area contributed by atoms with Crippen LogP contribution in [-0.4, -0.2) is 33.9 Å². The molecule has 7 heteroatoms. The van der Waals surface area contributed by atoms with Crippen LogP contribution in [0.5, 0.6) is 0 Å². The number of carboxylic acid groups (broad SMARTS) is 1. The largest absolute Gasteiger partial charge is 0.477 e. The standard InChI is InChI=1S/C18H23FN2O4/c1-10(9-20-17(24)25-18(3,4)5)21-14(16(22)23)8-12-6-7-13(19)11(2)15(12)21/h6-8,10H,9H2,1-5H3,(H,20,24)(H,22,23). The average Bonchev–Trinajstić information content (AvgIpc) is 2.87. The molecule has 1 aromatic carbocycles. The van der Waals surface area contributed by atoms with Gasteiger partial charge in [0.1, 0.15) is 17.1 Å². The number of benzene rings is 1. The lowest BCUT2D eigenvalue weighted by Gasteiger charge is -2.22. The Hall–Kier alpha value is -2.57. The minimum absolute atomic E-state index is 0.0437. The van der Waals surface area contributed by atoms with Crippen LogP contribution in [0.1, 0.15) is 49.8 Å². The van der Waals surface area contributed by atoms with E-state index in [1.807, 2.05) is 0 Å². The van der Waals surface area contributed by atoms with Crippen molar-refractivity contribution < 1.29 is 23.8 Å². The lowest BCUT2D eigenvalue weighted by Crippen LogP contribution is -2.35. The van der Waals surface area contributed by atoms with E-state index < -0.39 is 29.5 Å². The zero-order valence-corrected chi connectivity index (χ0v) is 15.0. The normalized spacial score (nSPS) is 12.9. The van der Waals surface area contributed by atoms with Crippen molar-refractivity contribution in [1.29, 1.82) is 0 Å². The van der Waals surface area contributed by atoms with Crippen LogP contribution in [0.4, 0.5) is 9.18 Å². The fourth-order valence-corrected chi connectivity index (χ4v) is 2.73. The summed E-state index contributed by atoms with van der Waals surface area (Å²) in [6, 6.07) is 3.97. The van der Waals surface area contributed by atoms with Crippen LogP contribution in [0, 0.1) is 12.7 Å². The zero-order valence-electron chi connectivity index (χ0n) is 15.0. The highest BCUT2D eigenvalue weighted by Gasteiger charge is 2.22. The van der Waals surface area contributed by atoms with Gasteiger partial charge in [-0.15, -0.1) is 0 Å². The maximum atomic E-state index is 14.0. The van der Waals surface area contributed by atoms with E-state index in [9.17, 15) is 19.1 Å². The predicted octanol–water partition coefficient (Wildman–Crippen LogP) is 3.87. The van der Waals surface area contributed by atoms with Gasteiger partial charge >= 0.3 is 12.1 Å². The third-order valence-corrected chi connectivity index (χ3v) is 3.79. The Balaban J connectivity index is 2.35. The number of fused-ring (bicyclic) bond motifs is 1. The van der Waals surface area contributed by atoms with E-state index in [1.165, 1.54) is 16.7 Å². The van der Waals surface area contributed by atoms with Gasteiger partial charge in [0.2, 0.25) is 0 Å². The number of hydrogen-bond acceptors (Lipinski definition) is 3.